The molecule has 2 heteroatoms. The third-order valence-electron chi connectivity index (χ3n) is 0.974. The minimum Gasteiger partial charge on any atom is -0.446 e. The van der Waals surface area contributed by atoms with Crippen LogP contribution in [0.4, 0.5) is 0 Å². The summed E-state index contributed by atoms with van der Waals surface area (Å²) in [6.07, 6.45) is 6.88. The van der Waals surface area contributed by atoms with E-state index in [0.717, 1.165) is 0 Å². The second kappa shape index (κ2) is 3.37. The zero-order valence-electron chi connectivity index (χ0n) is 5.85. The molecule has 0 heterocycles. The fourth-order valence-corrected chi connectivity index (χ4v) is 0.283. The minimum absolute atomic E-state index is 0.0919. The Morgan fingerprint density at radius 2 is 2.22 bits per heavy atom. The summed E-state index contributed by atoms with van der Waals surface area (Å²) in [5.41, 5.74) is -0.216. The van der Waals surface area contributed by atoms with Crippen LogP contribution in [0.1, 0.15) is 13.8 Å². The van der Waals surface area contributed by atoms with Gasteiger partial charge < -0.3 is 9.84 Å². The standard InChI is InChI=1S/C7H12O2/c1-4-9-6-7(2,3)5-8/h1,8H,5-6H2,2-3H3. The zero-order chi connectivity index (χ0) is 7.33. The Hall–Kier alpha value is -0.680. The van der Waals surface area contributed by atoms with E-state index in [9.17, 15) is 0 Å². The van der Waals surface area contributed by atoms with Gasteiger partial charge in [-0.25, -0.2) is 0 Å². The molecule has 0 aliphatic heterocycles. The van der Waals surface area contributed by atoms with Crippen LogP contribution in [0, 0.1) is 17.9 Å². The summed E-state index contributed by atoms with van der Waals surface area (Å²) >= 11 is 0. The van der Waals surface area contributed by atoms with Gasteiger partial charge in [0, 0.05) is 5.41 Å². The summed E-state index contributed by atoms with van der Waals surface area (Å²) in [4.78, 5) is 0. The number of terminal acetylenes is 1. The molecular formula is C7H12O2. The molecule has 0 amide bonds. The van der Waals surface area contributed by atoms with Crippen molar-refractivity contribution in [2.24, 2.45) is 5.41 Å². The molecule has 0 fully saturated rings. The maximum atomic E-state index is 8.67. The fraction of sp³-hybridized carbons (Fsp3) is 0.714. The van der Waals surface area contributed by atoms with Crippen molar-refractivity contribution < 1.29 is 9.84 Å². The molecule has 0 aliphatic carbocycles. The highest BCUT2D eigenvalue weighted by molar-refractivity contribution is 4.73. The van der Waals surface area contributed by atoms with Crippen molar-refractivity contribution in [1.29, 1.82) is 0 Å². The lowest BCUT2D eigenvalue weighted by atomic mass is 9.97. The zero-order valence-corrected chi connectivity index (χ0v) is 5.85. The summed E-state index contributed by atoms with van der Waals surface area (Å²) in [5.74, 6) is 0. The van der Waals surface area contributed by atoms with E-state index in [4.69, 9.17) is 11.5 Å². The molecule has 0 bridgehead atoms. The van der Waals surface area contributed by atoms with E-state index in [2.05, 4.69) is 4.74 Å². The van der Waals surface area contributed by atoms with Crippen LogP contribution in [0.3, 0.4) is 0 Å². The first kappa shape index (κ1) is 8.32. The van der Waals surface area contributed by atoms with Gasteiger partial charge in [0.1, 0.15) is 12.7 Å². The van der Waals surface area contributed by atoms with Crippen molar-refractivity contribution in [2.75, 3.05) is 13.2 Å². The summed E-state index contributed by atoms with van der Waals surface area (Å²) < 4.78 is 4.66. The van der Waals surface area contributed by atoms with Crippen molar-refractivity contribution in [3.63, 3.8) is 0 Å². The van der Waals surface area contributed by atoms with Crippen molar-refractivity contribution in [3.8, 4) is 12.5 Å². The summed E-state index contributed by atoms with van der Waals surface area (Å²) in [6.45, 7) is 4.25. The molecule has 0 aliphatic rings. The van der Waals surface area contributed by atoms with Crippen LogP contribution in [-0.2, 0) is 4.74 Å². The van der Waals surface area contributed by atoms with Gasteiger partial charge in [-0.05, 0) is 0 Å². The highest BCUT2D eigenvalue weighted by Crippen LogP contribution is 2.12. The Bertz CT molecular complexity index is 111. The Kier molecular flexibility index (Phi) is 3.11. The van der Waals surface area contributed by atoms with E-state index >= 15 is 0 Å². The van der Waals surface area contributed by atoms with E-state index in [0.29, 0.717) is 6.61 Å². The first-order valence-corrected chi connectivity index (χ1v) is 2.80. The number of rotatable bonds is 3. The molecule has 1 N–H and O–H groups in total. The van der Waals surface area contributed by atoms with Gasteiger partial charge in [0.25, 0.3) is 0 Å². The van der Waals surface area contributed by atoms with Gasteiger partial charge >= 0.3 is 0 Å². The van der Waals surface area contributed by atoms with E-state index in [1.54, 1.807) is 0 Å². The molecule has 0 aromatic rings. The number of aliphatic hydroxyl groups is 1. The van der Waals surface area contributed by atoms with E-state index in [-0.39, 0.29) is 12.0 Å². The van der Waals surface area contributed by atoms with Gasteiger partial charge in [-0.3, -0.25) is 0 Å². The lowest BCUT2D eigenvalue weighted by molar-refractivity contribution is 0.0839. The molecule has 2 nitrogen and oxygen atoms in total. The first-order valence-electron chi connectivity index (χ1n) is 2.80. The molecule has 0 saturated heterocycles. The van der Waals surface area contributed by atoms with Crippen molar-refractivity contribution >= 4 is 0 Å². The van der Waals surface area contributed by atoms with Gasteiger partial charge in [0.2, 0.25) is 0 Å². The third kappa shape index (κ3) is 3.87. The molecule has 0 aromatic carbocycles. The average Bonchev–Trinajstić information content (AvgIpc) is 1.84. The number of hydrogen-bond donors (Lipinski definition) is 1. The number of aliphatic hydroxyl groups excluding tert-OH is 1. The Labute approximate surface area is 55.8 Å². The maximum Gasteiger partial charge on any atom is 0.107 e. The average molecular weight is 128 g/mol. The summed E-state index contributed by atoms with van der Waals surface area (Å²) in [7, 11) is 0. The van der Waals surface area contributed by atoms with Crippen LogP contribution in [0.15, 0.2) is 0 Å². The van der Waals surface area contributed by atoms with Gasteiger partial charge in [0.15, 0.2) is 0 Å². The molecule has 0 radical (unpaired) electrons. The van der Waals surface area contributed by atoms with Gasteiger partial charge in [-0.2, -0.15) is 0 Å². The predicted molar refractivity (Wildman–Crippen MR) is 35.7 cm³/mol. The molecular weight excluding hydrogens is 116 g/mol. The molecule has 0 aromatic heterocycles. The third-order valence-corrected chi connectivity index (χ3v) is 0.974. The van der Waals surface area contributed by atoms with Crippen molar-refractivity contribution in [3.05, 3.63) is 0 Å². The Balaban J connectivity index is 3.48. The molecule has 0 spiro atoms. The van der Waals surface area contributed by atoms with Gasteiger partial charge in [0.05, 0.1) is 6.61 Å². The van der Waals surface area contributed by atoms with Crippen LogP contribution < -0.4 is 0 Å². The highest BCUT2D eigenvalue weighted by atomic mass is 16.5. The van der Waals surface area contributed by atoms with Crippen LogP contribution in [0.5, 0.6) is 0 Å². The molecule has 0 unspecified atom stereocenters. The second-order valence-electron chi connectivity index (χ2n) is 2.73. The molecule has 52 valence electrons. The van der Waals surface area contributed by atoms with E-state index < -0.39 is 0 Å². The second-order valence-corrected chi connectivity index (χ2v) is 2.73. The predicted octanol–water partition coefficient (Wildman–Crippen LogP) is 0.612. The van der Waals surface area contributed by atoms with E-state index in [1.165, 1.54) is 0 Å². The smallest absolute Gasteiger partial charge is 0.107 e. The minimum atomic E-state index is -0.216. The summed E-state index contributed by atoms with van der Waals surface area (Å²) in [6, 6.07) is 0. The van der Waals surface area contributed by atoms with Crippen LogP contribution in [-0.4, -0.2) is 18.3 Å². The monoisotopic (exact) mass is 128 g/mol. The topological polar surface area (TPSA) is 29.5 Å². The Morgan fingerprint density at radius 3 is 2.56 bits per heavy atom. The SMILES string of the molecule is C#COCC(C)(C)CO. The Morgan fingerprint density at radius 1 is 1.67 bits per heavy atom. The molecule has 9 heavy (non-hydrogen) atoms. The lowest BCUT2D eigenvalue weighted by Crippen LogP contribution is -2.22. The lowest BCUT2D eigenvalue weighted by Gasteiger charge is -2.18. The van der Waals surface area contributed by atoms with Gasteiger partial charge in [-0.15, -0.1) is 0 Å². The van der Waals surface area contributed by atoms with Crippen LogP contribution >= 0.6 is 0 Å². The highest BCUT2D eigenvalue weighted by Gasteiger charge is 2.16. The van der Waals surface area contributed by atoms with Crippen molar-refractivity contribution in [1.82, 2.24) is 0 Å². The van der Waals surface area contributed by atoms with E-state index in [1.807, 2.05) is 20.0 Å². The number of hydrogen-bond acceptors (Lipinski definition) is 2. The molecule has 0 saturated carbocycles. The fourth-order valence-electron chi connectivity index (χ4n) is 0.283. The normalized spacial score (nSPS) is 10.4. The largest absolute Gasteiger partial charge is 0.446 e. The first-order chi connectivity index (χ1) is 4.12. The number of ether oxygens (including phenoxy) is 1. The molecule has 0 atom stereocenters. The molecule has 0 rings (SSSR count). The van der Waals surface area contributed by atoms with Crippen molar-refractivity contribution in [2.45, 2.75) is 13.8 Å². The van der Waals surface area contributed by atoms with Crippen LogP contribution in [0.2, 0.25) is 0 Å². The van der Waals surface area contributed by atoms with Crippen LogP contribution in [0.25, 0.3) is 0 Å². The van der Waals surface area contributed by atoms with Gasteiger partial charge in [-0.1, -0.05) is 20.3 Å². The maximum absolute atomic E-state index is 8.67. The summed E-state index contributed by atoms with van der Waals surface area (Å²) in [5, 5.41) is 8.67. The quantitative estimate of drug-likeness (QED) is 0.564.